The molecule has 0 saturated heterocycles. The van der Waals surface area contributed by atoms with Crippen LogP contribution in [0.4, 0.5) is 0 Å². The van der Waals surface area contributed by atoms with E-state index in [9.17, 15) is 4.79 Å². The summed E-state index contributed by atoms with van der Waals surface area (Å²) in [5, 5.41) is 0. The summed E-state index contributed by atoms with van der Waals surface area (Å²) < 4.78 is 0. The molecule has 0 radical (unpaired) electrons. The molecule has 2 rings (SSSR count). The van der Waals surface area contributed by atoms with Crippen molar-refractivity contribution in [3.8, 4) is 0 Å². The molecule has 17 heavy (non-hydrogen) atoms. The topological polar surface area (TPSA) is 30.0 Å². The van der Waals surface area contributed by atoms with Crippen LogP contribution in [0.5, 0.6) is 0 Å². The van der Waals surface area contributed by atoms with Gasteiger partial charge in [-0.05, 0) is 42.7 Å². The SMILES string of the molecule is Cc1cccc(C)c1C(=O)Cc1ccncc1. The lowest BCUT2D eigenvalue weighted by Crippen LogP contribution is -2.07. The van der Waals surface area contributed by atoms with Gasteiger partial charge in [0.05, 0.1) is 0 Å². The second-order valence-electron chi connectivity index (χ2n) is 4.22. The lowest BCUT2D eigenvalue weighted by Gasteiger charge is -2.08. The van der Waals surface area contributed by atoms with Crippen LogP contribution in [0, 0.1) is 13.8 Å². The maximum atomic E-state index is 12.2. The molecule has 1 aromatic carbocycles. The average Bonchev–Trinajstić information content (AvgIpc) is 2.30. The summed E-state index contributed by atoms with van der Waals surface area (Å²) in [7, 11) is 0. The van der Waals surface area contributed by atoms with E-state index in [1.807, 2.05) is 44.2 Å². The molecule has 2 aromatic rings. The molecule has 0 amide bonds. The van der Waals surface area contributed by atoms with Gasteiger partial charge in [0.15, 0.2) is 5.78 Å². The Balaban J connectivity index is 2.27. The number of carbonyl (C=O) groups excluding carboxylic acids is 1. The molecule has 0 atom stereocenters. The first-order chi connectivity index (χ1) is 8.18. The minimum Gasteiger partial charge on any atom is -0.294 e. The van der Waals surface area contributed by atoms with E-state index in [2.05, 4.69) is 4.98 Å². The third kappa shape index (κ3) is 2.59. The lowest BCUT2D eigenvalue weighted by molar-refractivity contribution is 0.0992. The summed E-state index contributed by atoms with van der Waals surface area (Å²) in [5.74, 6) is 0.173. The Hall–Kier alpha value is -1.96. The zero-order valence-electron chi connectivity index (χ0n) is 10.1. The summed E-state index contributed by atoms with van der Waals surface area (Å²) in [6, 6.07) is 9.70. The summed E-state index contributed by atoms with van der Waals surface area (Å²) in [6.45, 7) is 3.96. The van der Waals surface area contributed by atoms with E-state index >= 15 is 0 Å². The Morgan fingerprint density at radius 3 is 2.24 bits per heavy atom. The van der Waals surface area contributed by atoms with E-state index in [1.54, 1.807) is 12.4 Å². The van der Waals surface area contributed by atoms with E-state index in [0.29, 0.717) is 6.42 Å². The number of hydrogen-bond acceptors (Lipinski definition) is 2. The fraction of sp³-hybridized carbons (Fsp3) is 0.200. The highest BCUT2D eigenvalue weighted by Crippen LogP contribution is 2.16. The van der Waals surface area contributed by atoms with Gasteiger partial charge in [-0.1, -0.05) is 18.2 Å². The highest BCUT2D eigenvalue weighted by atomic mass is 16.1. The van der Waals surface area contributed by atoms with Crippen LogP contribution in [0.25, 0.3) is 0 Å². The highest BCUT2D eigenvalue weighted by Gasteiger charge is 2.12. The Morgan fingerprint density at radius 1 is 1.06 bits per heavy atom. The number of benzene rings is 1. The molecule has 0 N–H and O–H groups in total. The number of ketones is 1. The van der Waals surface area contributed by atoms with Crippen molar-refractivity contribution in [3.63, 3.8) is 0 Å². The molecule has 1 aromatic heterocycles. The van der Waals surface area contributed by atoms with E-state index in [0.717, 1.165) is 22.3 Å². The average molecular weight is 225 g/mol. The van der Waals surface area contributed by atoms with Crippen LogP contribution in [0.15, 0.2) is 42.7 Å². The molecular formula is C15H15NO. The maximum absolute atomic E-state index is 12.2. The molecule has 86 valence electrons. The Labute approximate surface area is 101 Å². The van der Waals surface area contributed by atoms with Crippen molar-refractivity contribution in [2.45, 2.75) is 20.3 Å². The van der Waals surface area contributed by atoms with Crippen molar-refractivity contribution in [2.24, 2.45) is 0 Å². The molecule has 0 bridgehead atoms. The van der Waals surface area contributed by atoms with Gasteiger partial charge in [-0.2, -0.15) is 0 Å². The number of carbonyl (C=O) groups is 1. The summed E-state index contributed by atoms with van der Waals surface area (Å²) >= 11 is 0. The second-order valence-corrected chi connectivity index (χ2v) is 4.22. The van der Waals surface area contributed by atoms with Crippen molar-refractivity contribution >= 4 is 5.78 Å². The Morgan fingerprint density at radius 2 is 1.65 bits per heavy atom. The van der Waals surface area contributed by atoms with Gasteiger partial charge in [0.2, 0.25) is 0 Å². The largest absolute Gasteiger partial charge is 0.294 e. The van der Waals surface area contributed by atoms with Gasteiger partial charge < -0.3 is 0 Å². The predicted molar refractivity (Wildman–Crippen MR) is 68.2 cm³/mol. The molecule has 2 heteroatoms. The van der Waals surface area contributed by atoms with Gasteiger partial charge in [-0.25, -0.2) is 0 Å². The third-order valence-corrected chi connectivity index (χ3v) is 2.87. The number of hydrogen-bond donors (Lipinski definition) is 0. The first-order valence-corrected chi connectivity index (χ1v) is 5.67. The van der Waals surface area contributed by atoms with Gasteiger partial charge in [0, 0.05) is 24.4 Å². The number of nitrogens with zero attached hydrogens (tertiary/aromatic N) is 1. The first-order valence-electron chi connectivity index (χ1n) is 5.67. The van der Waals surface area contributed by atoms with Crippen molar-refractivity contribution < 1.29 is 4.79 Å². The summed E-state index contributed by atoms with van der Waals surface area (Å²) in [6.07, 6.45) is 3.87. The lowest BCUT2D eigenvalue weighted by atomic mass is 9.95. The number of aryl methyl sites for hydroxylation is 2. The molecule has 1 heterocycles. The van der Waals surface area contributed by atoms with Gasteiger partial charge >= 0.3 is 0 Å². The molecule has 0 saturated carbocycles. The van der Waals surface area contributed by atoms with E-state index in [4.69, 9.17) is 0 Å². The molecular weight excluding hydrogens is 210 g/mol. The Kier molecular flexibility index (Phi) is 3.33. The maximum Gasteiger partial charge on any atom is 0.167 e. The van der Waals surface area contributed by atoms with Crippen molar-refractivity contribution in [3.05, 3.63) is 65.0 Å². The highest BCUT2D eigenvalue weighted by molar-refractivity contribution is 6.00. The monoisotopic (exact) mass is 225 g/mol. The molecule has 0 aliphatic heterocycles. The van der Waals surface area contributed by atoms with Gasteiger partial charge in [0.1, 0.15) is 0 Å². The molecule has 0 fully saturated rings. The zero-order chi connectivity index (χ0) is 12.3. The number of pyridine rings is 1. The second kappa shape index (κ2) is 4.91. The third-order valence-electron chi connectivity index (χ3n) is 2.87. The van der Waals surface area contributed by atoms with Crippen molar-refractivity contribution in [1.82, 2.24) is 4.98 Å². The van der Waals surface area contributed by atoms with Gasteiger partial charge in [-0.3, -0.25) is 9.78 Å². The van der Waals surface area contributed by atoms with Crippen molar-refractivity contribution in [1.29, 1.82) is 0 Å². The zero-order valence-corrected chi connectivity index (χ0v) is 10.1. The van der Waals surface area contributed by atoms with Crippen LogP contribution in [0.2, 0.25) is 0 Å². The summed E-state index contributed by atoms with van der Waals surface area (Å²) in [5.41, 5.74) is 3.95. The standard InChI is InChI=1S/C15H15NO/c1-11-4-3-5-12(2)15(11)14(17)10-13-6-8-16-9-7-13/h3-9H,10H2,1-2H3. The number of Topliss-reactive ketones (excluding diaryl/α,β-unsaturated/α-hetero) is 1. The quantitative estimate of drug-likeness (QED) is 0.751. The minimum absolute atomic E-state index is 0.173. The van der Waals surface area contributed by atoms with E-state index in [1.165, 1.54) is 0 Å². The van der Waals surface area contributed by atoms with Crippen LogP contribution < -0.4 is 0 Å². The van der Waals surface area contributed by atoms with Gasteiger partial charge in [0.25, 0.3) is 0 Å². The van der Waals surface area contributed by atoms with Crippen LogP contribution in [-0.2, 0) is 6.42 Å². The normalized spacial score (nSPS) is 10.2. The van der Waals surface area contributed by atoms with Crippen LogP contribution in [-0.4, -0.2) is 10.8 Å². The van der Waals surface area contributed by atoms with Gasteiger partial charge in [-0.15, -0.1) is 0 Å². The molecule has 0 spiro atoms. The minimum atomic E-state index is 0.173. The first kappa shape index (κ1) is 11.5. The van der Waals surface area contributed by atoms with E-state index in [-0.39, 0.29) is 5.78 Å². The smallest absolute Gasteiger partial charge is 0.167 e. The molecule has 0 unspecified atom stereocenters. The Bertz CT molecular complexity index is 512. The fourth-order valence-electron chi connectivity index (χ4n) is 2.03. The van der Waals surface area contributed by atoms with Crippen LogP contribution in [0.3, 0.4) is 0 Å². The van der Waals surface area contributed by atoms with Crippen LogP contribution >= 0.6 is 0 Å². The number of rotatable bonds is 3. The fourth-order valence-corrected chi connectivity index (χ4v) is 2.03. The number of aromatic nitrogens is 1. The summed E-state index contributed by atoms with van der Waals surface area (Å²) in [4.78, 5) is 16.2. The molecule has 0 aliphatic carbocycles. The molecule has 2 nitrogen and oxygen atoms in total. The van der Waals surface area contributed by atoms with Crippen molar-refractivity contribution in [2.75, 3.05) is 0 Å². The predicted octanol–water partition coefficient (Wildman–Crippen LogP) is 3.12. The molecule has 0 aliphatic rings. The van der Waals surface area contributed by atoms with Crippen LogP contribution in [0.1, 0.15) is 27.0 Å². The van der Waals surface area contributed by atoms with E-state index < -0.39 is 0 Å².